The Kier molecular flexibility index (Phi) is 5.06. The highest BCUT2D eigenvalue weighted by molar-refractivity contribution is 5.81. The third-order valence-corrected chi connectivity index (χ3v) is 5.11. The first kappa shape index (κ1) is 16.1. The number of para-hydroxylation sites is 2. The van der Waals surface area contributed by atoms with Gasteiger partial charge in [-0.05, 0) is 38.3 Å². The lowest BCUT2D eigenvalue weighted by Gasteiger charge is -2.40. The lowest BCUT2D eigenvalue weighted by Crippen LogP contribution is -2.55. The van der Waals surface area contributed by atoms with E-state index in [2.05, 4.69) is 9.80 Å². The van der Waals surface area contributed by atoms with Crippen molar-refractivity contribution in [3.8, 4) is 5.75 Å². The van der Waals surface area contributed by atoms with E-state index in [0.717, 1.165) is 57.8 Å². The largest absolute Gasteiger partial charge is 0.506 e. The lowest BCUT2D eigenvalue weighted by atomic mass is 10.1. The summed E-state index contributed by atoms with van der Waals surface area (Å²) >= 11 is 0. The molecule has 1 atom stereocenters. The molecule has 2 saturated heterocycles. The van der Waals surface area contributed by atoms with E-state index in [0.29, 0.717) is 5.75 Å². The van der Waals surface area contributed by atoms with Crippen molar-refractivity contribution in [1.82, 2.24) is 9.80 Å². The van der Waals surface area contributed by atoms with E-state index >= 15 is 0 Å². The van der Waals surface area contributed by atoms with Crippen LogP contribution in [0, 0.1) is 0 Å². The maximum Gasteiger partial charge on any atom is 0.239 e. The van der Waals surface area contributed by atoms with Crippen molar-refractivity contribution in [2.24, 2.45) is 0 Å². The fourth-order valence-electron chi connectivity index (χ4n) is 3.62. The van der Waals surface area contributed by atoms with Gasteiger partial charge in [-0.25, -0.2) is 0 Å². The second-order valence-electron chi connectivity index (χ2n) is 6.57. The van der Waals surface area contributed by atoms with Gasteiger partial charge in [-0.15, -0.1) is 0 Å². The highest BCUT2D eigenvalue weighted by Gasteiger charge is 2.29. The third-order valence-electron chi connectivity index (χ3n) is 5.11. The van der Waals surface area contributed by atoms with Crippen molar-refractivity contribution >= 4 is 11.6 Å². The zero-order chi connectivity index (χ0) is 16.2. The number of piperazine rings is 1. The van der Waals surface area contributed by atoms with Crippen LogP contribution in [0.1, 0.15) is 26.2 Å². The molecular weight excluding hydrogens is 290 g/mol. The third kappa shape index (κ3) is 3.61. The summed E-state index contributed by atoms with van der Waals surface area (Å²) in [4.78, 5) is 19.1. The Morgan fingerprint density at radius 3 is 2.30 bits per heavy atom. The molecule has 5 nitrogen and oxygen atoms in total. The monoisotopic (exact) mass is 317 g/mol. The Morgan fingerprint density at radius 2 is 1.65 bits per heavy atom. The molecule has 1 aromatic rings. The van der Waals surface area contributed by atoms with Crippen LogP contribution in [0.15, 0.2) is 24.3 Å². The highest BCUT2D eigenvalue weighted by Crippen LogP contribution is 2.27. The van der Waals surface area contributed by atoms with Crippen molar-refractivity contribution in [2.45, 2.75) is 32.2 Å². The fourth-order valence-corrected chi connectivity index (χ4v) is 3.62. The van der Waals surface area contributed by atoms with Crippen LogP contribution in [0.2, 0.25) is 0 Å². The predicted molar refractivity (Wildman–Crippen MR) is 91.8 cm³/mol. The molecule has 2 aliphatic rings. The first-order valence-corrected chi connectivity index (χ1v) is 8.72. The van der Waals surface area contributed by atoms with Crippen molar-refractivity contribution in [3.63, 3.8) is 0 Å². The Hall–Kier alpha value is -1.75. The van der Waals surface area contributed by atoms with Gasteiger partial charge in [0.05, 0.1) is 11.7 Å². The number of phenols is 1. The average Bonchev–Trinajstić information content (AvgIpc) is 2.62. The number of rotatable bonds is 3. The van der Waals surface area contributed by atoms with E-state index in [9.17, 15) is 9.90 Å². The van der Waals surface area contributed by atoms with Gasteiger partial charge in [0.1, 0.15) is 5.75 Å². The highest BCUT2D eigenvalue weighted by atomic mass is 16.3. The molecule has 1 amide bonds. The minimum absolute atomic E-state index is 0.0420. The molecule has 0 aromatic heterocycles. The molecule has 0 saturated carbocycles. The molecule has 0 bridgehead atoms. The predicted octanol–water partition coefficient (Wildman–Crippen LogP) is 1.92. The summed E-state index contributed by atoms with van der Waals surface area (Å²) in [6.45, 7) is 7.27. The van der Waals surface area contributed by atoms with E-state index < -0.39 is 0 Å². The number of nitrogens with zero attached hydrogens (tertiary/aromatic N) is 3. The average molecular weight is 317 g/mol. The molecule has 0 aliphatic carbocycles. The molecular formula is C18H27N3O2. The molecule has 1 aromatic carbocycles. The summed E-state index contributed by atoms with van der Waals surface area (Å²) < 4.78 is 0. The number of hydrogen-bond acceptors (Lipinski definition) is 4. The lowest BCUT2D eigenvalue weighted by molar-refractivity contribution is -0.137. The first-order valence-electron chi connectivity index (χ1n) is 8.72. The van der Waals surface area contributed by atoms with Gasteiger partial charge in [0, 0.05) is 39.3 Å². The summed E-state index contributed by atoms with van der Waals surface area (Å²) in [5, 5.41) is 9.98. The number of amides is 1. The number of aromatic hydroxyl groups is 1. The van der Waals surface area contributed by atoms with Crippen LogP contribution < -0.4 is 4.90 Å². The zero-order valence-corrected chi connectivity index (χ0v) is 13.9. The Bertz CT molecular complexity index is 535. The van der Waals surface area contributed by atoms with Crippen LogP contribution in [0.3, 0.4) is 0 Å². The normalized spacial score (nSPS) is 21.3. The van der Waals surface area contributed by atoms with E-state index in [4.69, 9.17) is 0 Å². The smallest absolute Gasteiger partial charge is 0.239 e. The van der Waals surface area contributed by atoms with Gasteiger partial charge in [0.25, 0.3) is 0 Å². The molecule has 2 aliphatic heterocycles. The van der Waals surface area contributed by atoms with Gasteiger partial charge in [0.15, 0.2) is 0 Å². The van der Waals surface area contributed by atoms with Crippen LogP contribution in [0.5, 0.6) is 5.75 Å². The minimum atomic E-state index is -0.0420. The number of benzene rings is 1. The van der Waals surface area contributed by atoms with Gasteiger partial charge in [-0.3, -0.25) is 9.69 Å². The van der Waals surface area contributed by atoms with Gasteiger partial charge in [-0.2, -0.15) is 0 Å². The number of carbonyl (C=O) groups excluding carboxylic acids is 1. The molecule has 1 unspecified atom stereocenters. The molecule has 23 heavy (non-hydrogen) atoms. The number of piperidine rings is 1. The van der Waals surface area contributed by atoms with E-state index in [-0.39, 0.29) is 11.9 Å². The number of hydrogen-bond donors (Lipinski definition) is 1. The summed E-state index contributed by atoms with van der Waals surface area (Å²) in [6.07, 6.45) is 3.52. The molecule has 0 spiro atoms. The minimum Gasteiger partial charge on any atom is -0.506 e. The van der Waals surface area contributed by atoms with Gasteiger partial charge >= 0.3 is 0 Å². The Morgan fingerprint density at radius 1 is 1.00 bits per heavy atom. The van der Waals surface area contributed by atoms with Crippen LogP contribution in [0.25, 0.3) is 0 Å². The van der Waals surface area contributed by atoms with Gasteiger partial charge in [-0.1, -0.05) is 12.1 Å². The number of carbonyl (C=O) groups is 1. The van der Waals surface area contributed by atoms with Crippen molar-refractivity contribution in [3.05, 3.63) is 24.3 Å². The van der Waals surface area contributed by atoms with Gasteiger partial charge in [0.2, 0.25) is 5.91 Å². The molecule has 1 N–H and O–H groups in total. The van der Waals surface area contributed by atoms with Crippen molar-refractivity contribution in [2.75, 3.05) is 44.2 Å². The molecule has 5 heteroatoms. The number of anilines is 1. The quantitative estimate of drug-likeness (QED) is 0.925. The molecule has 0 radical (unpaired) electrons. The molecule has 126 valence electrons. The van der Waals surface area contributed by atoms with Crippen LogP contribution >= 0.6 is 0 Å². The number of likely N-dealkylation sites (tertiary alicyclic amines) is 1. The summed E-state index contributed by atoms with van der Waals surface area (Å²) in [5.74, 6) is 0.610. The topological polar surface area (TPSA) is 47.0 Å². The number of phenolic OH excluding ortho intramolecular Hbond substituents is 1. The fraction of sp³-hybridized carbons (Fsp3) is 0.611. The van der Waals surface area contributed by atoms with Gasteiger partial charge < -0.3 is 14.9 Å². The maximum atomic E-state index is 12.6. The summed E-state index contributed by atoms with van der Waals surface area (Å²) in [7, 11) is 0. The zero-order valence-electron chi connectivity index (χ0n) is 13.9. The molecule has 2 heterocycles. The maximum absolute atomic E-state index is 12.6. The summed E-state index contributed by atoms with van der Waals surface area (Å²) in [6, 6.07) is 7.43. The van der Waals surface area contributed by atoms with Crippen molar-refractivity contribution in [1.29, 1.82) is 0 Å². The van der Waals surface area contributed by atoms with E-state index in [1.165, 1.54) is 6.42 Å². The second-order valence-corrected chi connectivity index (χ2v) is 6.57. The Labute approximate surface area is 138 Å². The van der Waals surface area contributed by atoms with E-state index in [1.54, 1.807) is 6.07 Å². The van der Waals surface area contributed by atoms with Crippen LogP contribution in [-0.2, 0) is 4.79 Å². The second kappa shape index (κ2) is 7.21. The molecule has 2 fully saturated rings. The van der Waals surface area contributed by atoms with Crippen LogP contribution in [0.4, 0.5) is 5.69 Å². The molecule has 3 rings (SSSR count). The summed E-state index contributed by atoms with van der Waals surface area (Å²) in [5.41, 5.74) is 0.891. The Balaban J connectivity index is 1.56. The van der Waals surface area contributed by atoms with Crippen molar-refractivity contribution < 1.29 is 9.90 Å². The van der Waals surface area contributed by atoms with Crippen LogP contribution in [-0.4, -0.2) is 66.1 Å². The SMILES string of the molecule is CC(C(=O)N1CCCCC1)N1CCN(c2ccccc2O)CC1. The standard InChI is InChI=1S/C18H27N3O2/c1-15(18(23)21-9-5-2-6-10-21)19-11-13-20(14-12-19)16-7-3-4-8-17(16)22/h3-4,7-8,15,22H,2,5-6,9-14H2,1H3. The van der Waals surface area contributed by atoms with E-state index in [1.807, 2.05) is 30.0 Å². The first-order chi connectivity index (χ1) is 11.2.